The summed E-state index contributed by atoms with van der Waals surface area (Å²) in [6.45, 7) is 6.72. The summed E-state index contributed by atoms with van der Waals surface area (Å²) in [4.78, 5) is 0. The highest BCUT2D eigenvalue weighted by Crippen LogP contribution is 2.48. The van der Waals surface area contributed by atoms with E-state index >= 15 is 0 Å². The van der Waals surface area contributed by atoms with E-state index in [2.05, 4.69) is 68.6 Å². The van der Waals surface area contributed by atoms with Crippen LogP contribution in [-0.4, -0.2) is 0 Å². The summed E-state index contributed by atoms with van der Waals surface area (Å²) in [6, 6.07) is 17.1. The van der Waals surface area contributed by atoms with Gasteiger partial charge >= 0.3 is 0 Å². The number of fused-ring (bicyclic) bond motifs is 3. The van der Waals surface area contributed by atoms with Crippen LogP contribution < -0.4 is 5.32 Å². The van der Waals surface area contributed by atoms with E-state index in [0.29, 0.717) is 0 Å². The highest BCUT2D eigenvalue weighted by molar-refractivity contribution is 6.31. The Morgan fingerprint density at radius 1 is 0.909 bits per heavy atom. The summed E-state index contributed by atoms with van der Waals surface area (Å²) in [5.74, 6) is 0. The van der Waals surface area contributed by atoms with Crippen LogP contribution in [0, 0.1) is 6.92 Å². The molecule has 0 saturated carbocycles. The third-order valence-electron chi connectivity index (χ3n) is 4.75. The van der Waals surface area contributed by atoms with Crippen molar-refractivity contribution in [1.82, 2.24) is 0 Å². The Morgan fingerprint density at radius 2 is 1.59 bits per heavy atom. The number of hydrogen-bond donors (Lipinski definition) is 1. The van der Waals surface area contributed by atoms with Gasteiger partial charge in [-0.2, -0.15) is 0 Å². The highest BCUT2D eigenvalue weighted by Gasteiger charge is 2.34. The molecule has 1 N–H and O–H groups in total. The maximum absolute atomic E-state index is 6.26. The molecule has 0 unspecified atom stereocenters. The van der Waals surface area contributed by atoms with E-state index in [1.54, 1.807) is 0 Å². The van der Waals surface area contributed by atoms with Crippen molar-refractivity contribution in [2.45, 2.75) is 26.2 Å². The number of rotatable bonds is 0. The number of aryl methyl sites for hydroxylation is 1. The third kappa shape index (κ3) is 1.85. The van der Waals surface area contributed by atoms with E-state index in [4.69, 9.17) is 11.6 Å². The second kappa shape index (κ2) is 4.50. The molecule has 0 saturated heterocycles. The molecule has 0 radical (unpaired) electrons. The molecule has 22 heavy (non-hydrogen) atoms. The SMILES string of the molecule is Cc1cc(Cl)cc2c1C(C)(C)c1cc3ccccc3cc1N2. The molecule has 3 aromatic carbocycles. The second-order valence-electron chi connectivity index (χ2n) is 6.64. The Hall–Kier alpha value is -1.99. The Morgan fingerprint density at radius 3 is 2.32 bits per heavy atom. The van der Waals surface area contributed by atoms with Gasteiger partial charge in [0.25, 0.3) is 0 Å². The number of anilines is 2. The maximum atomic E-state index is 6.26. The fraction of sp³-hybridized carbons (Fsp3) is 0.200. The second-order valence-corrected chi connectivity index (χ2v) is 7.08. The predicted octanol–water partition coefficient (Wildman–Crippen LogP) is 6.18. The lowest BCUT2D eigenvalue weighted by molar-refractivity contribution is 0.634. The monoisotopic (exact) mass is 307 g/mol. The van der Waals surface area contributed by atoms with Gasteiger partial charge < -0.3 is 5.32 Å². The lowest BCUT2D eigenvalue weighted by atomic mass is 9.72. The van der Waals surface area contributed by atoms with Crippen molar-refractivity contribution in [3.63, 3.8) is 0 Å². The Kier molecular flexibility index (Phi) is 2.79. The van der Waals surface area contributed by atoms with E-state index in [-0.39, 0.29) is 5.41 Å². The minimum Gasteiger partial charge on any atom is -0.355 e. The molecule has 0 bridgehead atoms. The molecule has 0 aromatic heterocycles. The summed E-state index contributed by atoms with van der Waals surface area (Å²) >= 11 is 6.26. The highest BCUT2D eigenvalue weighted by atomic mass is 35.5. The zero-order valence-corrected chi connectivity index (χ0v) is 13.8. The van der Waals surface area contributed by atoms with Gasteiger partial charge in [0, 0.05) is 21.8 Å². The Bertz CT molecular complexity index is 909. The van der Waals surface area contributed by atoms with Gasteiger partial charge in [0.05, 0.1) is 0 Å². The average Bonchev–Trinajstić information content (AvgIpc) is 2.44. The first-order chi connectivity index (χ1) is 10.5. The summed E-state index contributed by atoms with van der Waals surface area (Å²) in [5.41, 5.74) is 6.16. The molecule has 2 heteroatoms. The van der Waals surface area contributed by atoms with Gasteiger partial charge in [-0.05, 0) is 58.7 Å². The van der Waals surface area contributed by atoms with E-state index in [1.165, 1.54) is 33.2 Å². The van der Waals surface area contributed by atoms with Crippen LogP contribution in [0.2, 0.25) is 5.02 Å². The summed E-state index contributed by atoms with van der Waals surface area (Å²) in [6.07, 6.45) is 0. The largest absolute Gasteiger partial charge is 0.355 e. The number of halogens is 1. The molecule has 0 spiro atoms. The van der Waals surface area contributed by atoms with Gasteiger partial charge in [-0.25, -0.2) is 0 Å². The topological polar surface area (TPSA) is 12.0 Å². The molecule has 0 atom stereocenters. The maximum Gasteiger partial charge on any atom is 0.0443 e. The smallest absolute Gasteiger partial charge is 0.0443 e. The molecule has 1 heterocycles. The van der Waals surface area contributed by atoms with Gasteiger partial charge in [-0.3, -0.25) is 0 Å². The molecule has 1 aliphatic heterocycles. The molecular weight excluding hydrogens is 290 g/mol. The molecule has 3 aromatic rings. The van der Waals surface area contributed by atoms with Crippen molar-refractivity contribution in [3.8, 4) is 0 Å². The predicted molar refractivity (Wildman–Crippen MR) is 95.5 cm³/mol. The number of nitrogens with one attached hydrogen (secondary N) is 1. The number of hydrogen-bond acceptors (Lipinski definition) is 1. The van der Waals surface area contributed by atoms with Gasteiger partial charge in [-0.1, -0.05) is 49.7 Å². The molecule has 110 valence electrons. The normalized spacial score (nSPS) is 15.1. The lowest BCUT2D eigenvalue weighted by Gasteiger charge is -2.37. The molecule has 1 nitrogen and oxygen atoms in total. The summed E-state index contributed by atoms with van der Waals surface area (Å²) in [5, 5.41) is 6.91. The zero-order chi connectivity index (χ0) is 15.5. The Balaban J connectivity index is 2.04. The summed E-state index contributed by atoms with van der Waals surface area (Å²) < 4.78 is 0. The lowest BCUT2D eigenvalue weighted by Crippen LogP contribution is -2.27. The van der Waals surface area contributed by atoms with E-state index in [1.807, 2.05) is 6.07 Å². The first-order valence-electron chi connectivity index (χ1n) is 7.58. The van der Waals surface area contributed by atoms with Crippen LogP contribution in [-0.2, 0) is 5.41 Å². The van der Waals surface area contributed by atoms with Gasteiger partial charge in [0.2, 0.25) is 0 Å². The van der Waals surface area contributed by atoms with Crippen molar-refractivity contribution >= 4 is 33.7 Å². The van der Waals surface area contributed by atoms with Gasteiger partial charge in [-0.15, -0.1) is 0 Å². The molecule has 0 amide bonds. The molecule has 1 aliphatic rings. The van der Waals surface area contributed by atoms with Crippen molar-refractivity contribution in [2.24, 2.45) is 0 Å². The van der Waals surface area contributed by atoms with Crippen LogP contribution in [0.25, 0.3) is 10.8 Å². The quantitative estimate of drug-likeness (QED) is 0.522. The standard InChI is InChI=1S/C20H18ClN/c1-12-8-15(21)11-18-19(12)20(2,3)16-9-13-6-4-5-7-14(13)10-17(16)22-18/h4-11,22H,1-3H3. The van der Waals surface area contributed by atoms with Gasteiger partial charge in [0.1, 0.15) is 0 Å². The fourth-order valence-electron chi connectivity index (χ4n) is 3.81. The van der Waals surface area contributed by atoms with Crippen molar-refractivity contribution in [1.29, 1.82) is 0 Å². The molecule has 4 rings (SSSR count). The first-order valence-corrected chi connectivity index (χ1v) is 7.95. The third-order valence-corrected chi connectivity index (χ3v) is 4.97. The van der Waals surface area contributed by atoms with E-state index in [0.717, 1.165) is 10.7 Å². The van der Waals surface area contributed by atoms with Crippen LogP contribution in [0.15, 0.2) is 48.5 Å². The molecule has 0 fully saturated rings. The minimum absolute atomic E-state index is 0.0470. The van der Waals surface area contributed by atoms with Crippen LogP contribution in [0.5, 0.6) is 0 Å². The number of benzene rings is 3. The average molecular weight is 308 g/mol. The Labute approximate surface area is 135 Å². The van der Waals surface area contributed by atoms with Gasteiger partial charge in [0.15, 0.2) is 0 Å². The van der Waals surface area contributed by atoms with Crippen LogP contribution in [0.4, 0.5) is 11.4 Å². The van der Waals surface area contributed by atoms with E-state index in [9.17, 15) is 0 Å². The van der Waals surface area contributed by atoms with Crippen LogP contribution in [0.1, 0.15) is 30.5 Å². The van der Waals surface area contributed by atoms with Crippen molar-refractivity contribution in [3.05, 3.63) is 70.2 Å². The van der Waals surface area contributed by atoms with Crippen molar-refractivity contribution < 1.29 is 0 Å². The molecule has 0 aliphatic carbocycles. The first kappa shape index (κ1) is 13.7. The van der Waals surface area contributed by atoms with Crippen molar-refractivity contribution in [2.75, 3.05) is 5.32 Å². The summed E-state index contributed by atoms with van der Waals surface area (Å²) in [7, 11) is 0. The fourth-order valence-corrected chi connectivity index (χ4v) is 4.08. The minimum atomic E-state index is -0.0470. The van der Waals surface area contributed by atoms with Crippen LogP contribution in [0.3, 0.4) is 0 Å². The molecular formula is C20H18ClN. The van der Waals surface area contributed by atoms with E-state index < -0.39 is 0 Å². The zero-order valence-electron chi connectivity index (χ0n) is 13.0. The van der Waals surface area contributed by atoms with Crippen LogP contribution >= 0.6 is 11.6 Å².